The van der Waals surface area contributed by atoms with Crippen molar-refractivity contribution in [2.75, 3.05) is 0 Å². The molecule has 30 heavy (non-hydrogen) atoms. The average Bonchev–Trinajstić information content (AvgIpc) is 2.78. The third kappa shape index (κ3) is 7.08. The second kappa shape index (κ2) is 11.2. The number of aryl methyl sites for hydroxylation is 1. The largest absolute Gasteiger partial charge is 0.489 e. The molecule has 0 aliphatic heterocycles. The van der Waals surface area contributed by atoms with Gasteiger partial charge in [0.2, 0.25) is 0 Å². The molecule has 0 bridgehead atoms. The second-order valence-electron chi connectivity index (χ2n) is 7.02. The zero-order valence-electron chi connectivity index (χ0n) is 17.2. The Bertz CT molecular complexity index is 955. The molecule has 0 spiro atoms. The Balaban J connectivity index is 1.41. The first-order valence-corrected chi connectivity index (χ1v) is 10.9. The van der Waals surface area contributed by atoms with E-state index < -0.39 is 0 Å². The number of nitrogens with one attached hydrogen (secondary N) is 1. The predicted molar refractivity (Wildman–Crippen MR) is 125 cm³/mol. The van der Waals surface area contributed by atoms with Gasteiger partial charge in [-0.25, -0.2) is 5.43 Å². The van der Waals surface area contributed by atoms with Crippen molar-refractivity contribution in [2.45, 2.75) is 31.5 Å². The summed E-state index contributed by atoms with van der Waals surface area (Å²) < 4.78 is 5.81. The van der Waals surface area contributed by atoms with Gasteiger partial charge in [-0.1, -0.05) is 60.2 Å². The van der Waals surface area contributed by atoms with Gasteiger partial charge >= 0.3 is 0 Å². The molecule has 1 atom stereocenters. The molecule has 0 saturated carbocycles. The van der Waals surface area contributed by atoms with Crippen molar-refractivity contribution in [3.05, 3.63) is 101 Å². The van der Waals surface area contributed by atoms with Crippen molar-refractivity contribution >= 4 is 23.9 Å². The first kappa shape index (κ1) is 21.7. The zero-order chi connectivity index (χ0) is 21.2. The van der Waals surface area contributed by atoms with Gasteiger partial charge in [-0.05, 0) is 54.8 Å². The van der Waals surface area contributed by atoms with Crippen molar-refractivity contribution < 1.29 is 9.53 Å². The molecule has 0 aliphatic rings. The molecule has 3 aromatic carbocycles. The van der Waals surface area contributed by atoms with Crippen molar-refractivity contribution in [3.8, 4) is 5.75 Å². The van der Waals surface area contributed by atoms with Crippen LogP contribution in [0.5, 0.6) is 5.75 Å². The van der Waals surface area contributed by atoms with E-state index in [1.54, 1.807) is 18.0 Å². The molecule has 4 nitrogen and oxygen atoms in total. The summed E-state index contributed by atoms with van der Waals surface area (Å²) in [6, 6.07) is 26.0. The van der Waals surface area contributed by atoms with Gasteiger partial charge in [0.15, 0.2) is 0 Å². The minimum Gasteiger partial charge on any atom is -0.489 e. The molecule has 0 radical (unpaired) electrons. The minimum absolute atomic E-state index is 0.106. The molecule has 0 saturated heterocycles. The Morgan fingerprint density at radius 3 is 2.40 bits per heavy atom. The zero-order valence-corrected chi connectivity index (χ0v) is 18.1. The Morgan fingerprint density at radius 1 is 1.00 bits per heavy atom. The van der Waals surface area contributed by atoms with E-state index in [2.05, 4.69) is 53.8 Å². The smallest absolute Gasteiger partial charge is 0.252 e. The molecule has 1 unspecified atom stereocenters. The van der Waals surface area contributed by atoms with Gasteiger partial charge in [-0.3, -0.25) is 4.79 Å². The number of carbonyl (C=O) groups excluding carboxylic acids is 1. The van der Waals surface area contributed by atoms with Gasteiger partial charge in [0.1, 0.15) is 12.4 Å². The average molecular weight is 419 g/mol. The van der Waals surface area contributed by atoms with Crippen LogP contribution < -0.4 is 10.2 Å². The lowest BCUT2D eigenvalue weighted by molar-refractivity contribution is -0.120. The molecule has 0 aromatic heterocycles. The van der Waals surface area contributed by atoms with Crippen molar-refractivity contribution in [2.24, 2.45) is 5.10 Å². The van der Waals surface area contributed by atoms with Crippen LogP contribution in [0, 0.1) is 6.92 Å². The fraction of sp³-hybridized carbons (Fsp3) is 0.200. The lowest BCUT2D eigenvalue weighted by Gasteiger charge is -2.09. The number of ether oxygens (including phenoxy) is 1. The van der Waals surface area contributed by atoms with Gasteiger partial charge < -0.3 is 4.74 Å². The van der Waals surface area contributed by atoms with E-state index in [0.717, 1.165) is 22.6 Å². The van der Waals surface area contributed by atoms with E-state index in [-0.39, 0.29) is 11.2 Å². The molecule has 1 N–H and O–H groups in total. The quantitative estimate of drug-likeness (QED) is 0.377. The molecule has 1 amide bonds. The van der Waals surface area contributed by atoms with Gasteiger partial charge in [0, 0.05) is 5.75 Å². The normalized spacial score (nSPS) is 11.9. The van der Waals surface area contributed by atoms with Crippen molar-refractivity contribution in [1.29, 1.82) is 0 Å². The van der Waals surface area contributed by atoms with Crippen LogP contribution in [0.15, 0.2) is 84.0 Å². The summed E-state index contributed by atoms with van der Waals surface area (Å²) in [5.41, 5.74) is 7.07. The molecular weight excluding hydrogens is 392 g/mol. The molecule has 0 fully saturated rings. The standard InChI is InChI=1S/C25H26N2O2S/c1-19-8-10-22(11-9-19)17-29-24-14-12-21(13-15-24)16-26-27-25(28)20(2)30-18-23-6-4-3-5-7-23/h3-16,20H,17-18H2,1-2H3,(H,27,28). The van der Waals surface area contributed by atoms with E-state index in [0.29, 0.717) is 6.61 Å². The number of amides is 1. The van der Waals surface area contributed by atoms with Crippen LogP contribution in [0.3, 0.4) is 0 Å². The molecule has 0 heterocycles. The summed E-state index contributed by atoms with van der Waals surface area (Å²) in [6.07, 6.45) is 1.64. The summed E-state index contributed by atoms with van der Waals surface area (Å²) >= 11 is 1.59. The van der Waals surface area contributed by atoms with E-state index in [1.165, 1.54) is 11.1 Å². The maximum atomic E-state index is 12.2. The van der Waals surface area contributed by atoms with E-state index in [9.17, 15) is 4.79 Å². The van der Waals surface area contributed by atoms with Gasteiger partial charge in [-0.2, -0.15) is 5.10 Å². The highest BCUT2D eigenvalue weighted by Crippen LogP contribution is 2.17. The molecular formula is C25H26N2O2S. The highest BCUT2D eigenvalue weighted by Gasteiger charge is 2.12. The number of nitrogens with zero attached hydrogens (tertiary/aromatic N) is 1. The third-order valence-electron chi connectivity index (χ3n) is 4.51. The number of hydrazone groups is 1. The topological polar surface area (TPSA) is 50.7 Å². The van der Waals surface area contributed by atoms with Crippen LogP contribution >= 0.6 is 11.8 Å². The van der Waals surface area contributed by atoms with Gasteiger partial charge in [0.25, 0.3) is 5.91 Å². The lowest BCUT2D eigenvalue weighted by atomic mass is 10.2. The van der Waals surface area contributed by atoms with Crippen LogP contribution in [-0.2, 0) is 17.2 Å². The van der Waals surface area contributed by atoms with Crippen LogP contribution in [0.4, 0.5) is 0 Å². The fourth-order valence-corrected chi connectivity index (χ4v) is 3.47. The summed E-state index contributed by atoms with van der Waals surface area (Å²) in [7, 11) is 0. The van der Waals surface area contributed by atoms with E-state index in [4.69, 9.17) is 4.74 Å². The second-order valence-corrected chi connectivity index (χ2v) is 8.35. The first-order valence-electron chi connectivity index (χ1n) is 9.87. The maximum absolute atomic E-state index is 12.2. The number of benzene rings is 3. The SMILES string of the molecule is Cc1ccc(COc2ccc(C=NNC(=O)C(C)SCc3ccccc3)cc2)cc1. The lowest BCUT2D eigenvalue weighted by Crippen LogP contribution is -2.26. The number of hydrogen-bond acceptors (Lipinski definition) is 4. The molecule has 5 heteroatoms. The van der Waals surface area contributed by atoms with Crippen molar-refractivity contribution in [3.63, 3.8) is 0 Å². The first-order chi connectivity index (χ1) is 14.6. The number of hydrogen-bond donors (Lipinski definition) is 1. The van der Waals surface area contributed by atoms with E-state index in [1.807, 2.05) is 49.4 Å². The predicted octanol–water partition coefficient (Wildman–Crippen LogP) is 5.35. The number of thioether (sulfide) groups is 1. The minimum atomic E-state index is -0.181. The van der Waals surface area contributed by atoms with E-state index >= 15 is 0 Å². The maximum Gasteiger partial charge on any atom is 0.252 e. The Kier molecular flexibility index (Phi) is 8.10. The molecule has 3 rings (SSSR count). The highest BCUT2D eigenvalue weighted by molar-refractivity contribution is 7.99. The molecule has 0 aliphatic carbocycles. The monoisotopic (exact) mass is 418 g/mol. The van der Waals surface area contributed by atoms with Gasteiger partial charge in [0.05, 0.1) is 11.5 Å². The summed E-state index contributed by atoms with van der Waals surface area (Å²) in [5.74, 6) is 1.48. The van der Waals surface area contributed by atoms with Crippen LogP contribution in [0.1, 0.15) is 29.2 Å². The summed E-state index contributed by atoms with van der Waals surface area (Å²) in [6.45, 7) is 4.48. The Labute approximate surface area is 182 Å². The van der Waals surface area contributed by atoms with Crippen LogP contribution in [0.25, 0.3) is 0 Å². The fourth-order valence-electron chi connectivity index (χ4n) is 2.63. The summed E-state index contributed by atoms with van der Waals surface area (Å²) in [4.78, 5) is 12.2. The Morgan fingerprint density at radius 2 is 1.70 bits per heavy atom. The highest BCUT2D eigenvalue weighted by atomic mass is 32.2. The third-order valence-corrected chi connectivity index (χ3v) is 5.72. The van der Waals surface area contributed by atoms with Crippen LogP contribution in [0.2, 0.25) is 0 Å². The molecule has 154 valence electrons. The van der Waals surface area contributed by atoms with Crippen LogP contribution in [-0.4, -0.2) is 17.4 Å². The number of rotatable bonds is 9. The number of carbonyl (C=O) groups is 1. The molecule has 3 aromatic rings. The summed E-state index contributed by atoms with van der Waals surface area (Å²) in [5, 5.41) is 3.89. The van der Waals surface area contributed by atoms with Crippen molar-refractivity contribution in [1.82, 2.24) is 5.43 Å². The Hall–Kier alpha value is -3.05. The van der Waals surface area contributed by atoms with Gasteiger partial charge in [-0.15, -0.1) is 11.8 Å².